The standard InChI is InChI=1S/C15H15ClFN3S/c1-9(16)15-19-13-4-3-11(17)7-14(13)20(15)6-5-12-8-21-10(2)18-12/h3-4,7-9H,5-6H2,1-2H3. The summed E-state index contributed by atoms with van der Waals surface area (Å²) < 4.78 is 15.5. The summed E-state index contributed by atoms with van der Waals surface area (Å²) in [5, 5.41) is 2.88. The van der Waals surface area contributed by atoms with E-state index >= 15 is 0 Å². The molecule has 3 nitrogen and oxygen atoms in total. The number of aryl methyl sites for hydroxylation is 3. The van der Waals surface area contributed by atoms with E-state index in [0.717, 1.165) is 34.0 Å². The lowest BCUT2D eigenvalue weighted by Gasteiger charge is -2.09. The predicted molar refractivity (Wildman–Crippen MR) is 84.5 cm³/mol. The number of aromatic nitrogens is 3. The van der Waals surface area contributed by atoms with E-state index in [1.807, 2.05) is 18.4 Å². The van der Waals surface area contributed by atoms with Crippen molar-refractivity contribution in [2.45, 2.75) is 32.2 Å². The van der Waals surface area contributed by atoms with Crippen LogP contribution in [-0.2, 0) is 13.0 Å². The molecule has 0 amide bonds. The highest BCUT2D eigenvalue weighted by Gasteiger charge is 2.15. The van der Waals surface area contributed by atoms with Crippen LogP contribution in [0, 0.1) is 12.7 Å². The summed E-state index contributed by atoms with van der Waals surface area (Å²) in [7, 11) is 0. The third kappa shape index (κ3) is 2.94. The highest BCUT2D eigenvalue weighted by atomic mass is 35.5. The smallest absolute Gasteiger partial charge is 0.127 e. The Hall–Kier alpha value is -1.46. The first-order valence-electron chi connectivity index (χ1n) is 6.75. The van der Waals surface area contributed by atoms with Crippen molar-refractivity contribution in [2.24, 2.45) is 0 Å². The van der Waals surface area contributed by atoms with Crippen molar-refractivity contribution < 1.29 is 4.39 Å². The second-order valence-corrected chi connectivity index (χ2v) is 6.70. The molecular weight excluding hydrogens is 309 g/mol. The lowest BCUT2D eigenvalue weighted by molar-refractivity contribution is 0.625. The predicted octanol–water partition coefficient (Wildman–Crippen LogP) is 4.48. The van der Waals surface area contributed by atoms with Crippen LogP contribution < -0.4 is 0 Å². The van der Waals surface area contributed by atoms with Gasteiger partial charge in [-0.15, -0.1) is 22.9 Å². The number of alkyl halides is 1. The van der Waals surface area contributed by atoms with Crippen LogP contribution >= 0.6 is 22.9 Å². The zero-order valence-electron chi connectivity index (χ0n) is 11.8. The van der Waals surface area contributed by atoms with Gasteiger partial charge in [-0.25, -0.2) is 14.4 Å². The number of benzene rings is 1. The molecule has 0 bridgehead atoms. The third-order valence-corrected chi connectivity index (χ3v) is 4.37. The van der Waals surface area contributed by atoms with Gasteiger partial charge in [-0.05, 0) is 32.0 Å². The Morgan fingerprint density at radius 2 is 2.19 bits per heavy atom. The molecule has 0 fully saturated rings. The molecule has 0 spiro atoms. The minimum absolute atomic E-state index is 0.224. The first kappa shape index (κ1) is 14.5. The molecule has 3 rings (SSSR count). The molecule has 21 heavy (non-hydrogen) atoms. The van der Waals surface area contributed by atoms with Crippen LogP contribution in [0.3, 0.4) is 0 Å². The summed E-state index contributed by atoms with van der Waals surface area (Å²) in [5.41, 5.74) is 2.60. The number of nitrogens with zero attached hydrogens (tertiary/aromatic N) is 3. The molecule has 2 aromatic heterocycles. The molecule has 1 aromatic carbocycles. The second kappa shape index (κ2) is 5.73. The van der Waals surface area contributed by atoms with Crippen LogP contribution in [0.2, 0.25) is 0 Å². The number of fused-ring (bicyclic) bond motifs is 1. The van der Waals surface area contributed by atoms with Gasteiger partial charge in [0.25, 0.3) is 0 Å². The average molecular weight is 324 g/mol. The maximum Gasteiger partial charge on any atom is 0.127 e. The molecule has 0 radical (unpaired) electrons. The molecule has 2 heterocycles. The second-order valence-electron chi connectivity index (χ2n) is 4.98. The number of rotatable bonds is 4. The summed E-state index contributed by atoms with van der Waals surface area (Å²) in [5.74, 6) is 0.506. The third-order valence-electron chi connectivity index (χ3n) is 3.35. The monoisotopic (exact) mass is 323 g/mol. The first-order valence-corrected chi connectivity index (χ1v) is 8.07. The fourth-order valence-corrected chi connectivity index (χ4v) is 3.22. The van der Waals surface area contributed by atoms with Gasteiger partial charge < -0.3 is 4.57 Å². The van der Waals surface area contributed by atoms with Gasteiger partial charge in [-0.2, -0.15) is 0 Å². The van der Waals surface area contributed by atoms with E-state index in [1.54, 1.807) is 17.4 Å². The van der Waals surface area contributed by atoms with Crippen molar-refractivity contribution in [3.8, 4) is 0 Å². The zero-order chi connectivity index (χ0) is 15.0. The normalized spacial score (nSPS) is 13.0. The molecule has 0 saturated carbocycles. The van der Waals surface area contributed by atoms with Crippen molar-refractivity contribution in [2.75, 3.05) is 0 Å². The van der Waals surface area contributed by atoms with Gasteiger partial charge in [0.15, 0.2) is 0 Å². The minimum atomic E-state index is -0.262. The first-order chi connectivity index (χ1) is 10.0. The van der Waals surface area contributed by atoms with E-state index in [-0.39, 0.29) is 11.2 Å². The topological polar surface area (TPSA) is 30.7 Å². The summed E-state index contributed by atoms with van der Waals surface area (Å²) in [6, 6.07) is 4.63. The molecule has 3 aromatic rings. The van der Waals surface area contributed by atoms with E-state index in [1.165, 1.54) is 12.1 Å². The van der Waals surface area contributed by atoms with Gasteiger partial charge >= 0.3 is 0 Å². The fraction of sp³-hybridized carbons (Fsp3) is 0.333. The molecule has 6 heteroatoms. The Morgan fingerprint density at radius 1 is 1.38 bits per heavy atom. The lowest BCUT2D eigenvalue weighted by atomic mass is 10.3. The average Bonchev–Trinajstić information content (AvgIpc) is 3.00. The van der Waals surface area contributed by atoms with Gasteiger partial charge in [0.2, 0.25) is 0 Å². The Morgan fingerprint density at radius 3 is 2.86 bits per heavy atom. The fourth-order valence-electron chi connectivity index (χ4n) is 2.40. The zero-order valence-corrected chi connectivity index (χ0v) is 13.4. The summed E-state index contributed by atoms with van der Waals surface area (Å²) in [6.45, 7) is 4.56. The van der Waals surface area contributed by atoms with Gasteiger partial charge in [0.1, 0.15) is 11.6 Å². The number of imidazole rings is 1. The minimum Gasteiger partial charge on any atom is -0.326 e. The van der Waals surface area contributed by atoms with Gasteiger partial charge in [0.05, 0.1) is 27.1 Å². The lowest BCUT2D eigenvalue weighted by Crippen LogP contribution is -2.07. The number of halogens is 2. The maximum atomic E-state index is 13.5. The molecule has 1 unspecified atom stereocenters. The largest absolute Gasteiger partial charge is 0.326 e. The van der Waals surface area contributed by atoms with E-state index in [4.69, 9.17) is 11.6 Å². The molecule has 1 atom stereocenters. The Kier molecular flexibility index (Phi) is 3.95. The van der Waals surface area contributed by atoms with Gasteiger partial charge in [-0.1, -0.05) is 0 Å². The highest BCUT2D eigenvalue weighted by molar-refractivity contribution is 7.09. The van der Waals surface area contributed by atoms with Crippen molar-refractivity contribution >= 4 is 34.0 Å². The molecule has 0 aliphatic heterocycles. The van der Waals surface area contributed by atoms with Crippen LogP contribution in [0.15, 0.2) is 23.6 Å². The van der Waals surface area contributed by atoms with E-state index in [9.17, 15) is 4.39 Å². The van der Waals surface area contributed by atoms with Crippen molar-refractivity contribution in [3.05, 3.63) is 45.9 Å². The molecule has 0 saturated heterocycles. The molecule has 110 valence electrons. The van der Waals surface area contributed by atoms with Crippen molar-refractivity contribution in [3.63, 3.8) is 0 Å². The number of hydrogen-bond acceptors (Lipinski definition) is 3. The summed E-state index contributed by atoms with van der Waals surface area (Å²) in [4.78, 5) is 8.98. The van der Waals surface area contributed by atoms with E-state index in [0.29, 0.717) is 6.54 Å². The molecular formula is C15H15ClFN3S. The van der Waals surface area contributed by atoms with Gasteiger partial charge in [-0.3, -0.25) is 0 Å². The molecule has 0 aliphatic carbocycles. The van der Waals surface area contributed by atoms with Crippen LogP contribution in [0.4, 0.5) is 4.39 Å². The van der Waals surface area contributed by atoms with Crippen LogP contribution in [-0.4, -0.2) is 14.5 Å². The van der Waals surface area contributed by atoms with E-state index in [2.05, 4.69) is 15.3 Å². The van der Waals surface area contributed by atoms with E-state index < -0.39 is 0 Å². The molecule has 0 N–H and O–H groups in total. The van der Waals surface area contributed by atoms with Crippen molar-refractivity contribution in [1.29, 1.82) is 0 Å². The van der Waals surface area contributed by atoms with Crippen LogP contribution in [0.5, 0.6) is 0 Å². The summed E-state index contributed by atoms with van der Waals surface area (Å²) >= 11 is 7.85. The number of hydrogen-bond donors (Lipinski definition) is 0. The molecule has 0 aliphatic rings. The SMILES string of the molecule is Cc1nc(CCn2c(C(C)Cl)nc3ccc(F)cc32)cs1. The highest BCUT2D eigenvalue weighted by Crippen LogP contribution is 2.25. The Bertz CT molecular complexity index is 778. The maximum absolute atomic E-state index is 13.5. The number of thiazole rings is 1. The van der Waals surface area contributed by atoms with Crippen LogP contribution in [0.25, 0.3) is 11.0 Å². The van der Waals surface area contributed by atoms with Gasteiger partial charge in [0, 0.05) is 18.3 Å². The summed E-state index contributed by atoms with van der Waals surface area (Å²) in [6.07, 6.45) is 0.781. The Balaban J connectivity index is 1.98. The Labute approximate surface area is 131 Å². The quantitative estimate of drug-likeness (QED) is 0.663. The van der Waals surface area contributed by atoms with Crippen LogP contribution in [0.1, 0.15) is 28.8 Å². The van der Waals surface area contributed by atoms with Crippen molar-refractivity contribution in [1.82, 2.24) is 14.5 Å².